The average Bonchev–Trinajstić information content (AvgIpc) is 2.33. The zero-order valence-electron chi connectivity index (χ0n) is 5.38. The summed E-state index contributed by atoms with van der Waals surface area (Å²) in [5.41, 5.74) is 0.816. The Morgan fingerprint density at radius 2 is 2.64 bits per heavy atom. The van der Waals surface area contributed by atoms with Crippen LogP contribution in [0.2, 0.25) is 0 Å². The average molecular weight is 344 g/mol. The van der Waals surface area contributed by atoms with E-state index in [1.165, 1.54) is 0 Å². The molecule has 1 atom stereocenters. The largest absolute Gasteiger partial charge is 0.244 e. The highest BCUT2D eigenvalue weighted by Crippen LogP contribution is 2.26. The molecule has 11 heavy (non-hydrogen) atoms. The zero-order valence-corrected chi connectivity index (χ0v) is 10.1. The molecule has 1 heterocycles. The van der Waals surface area contributed by atoms with Crippen molar-refractivity contribution in [2.75, 3.05) is 0 Å². The van der Waals surface area contributed by atoms with Gasteiger partial charge in [-0.2, -0.15) is 10.4 Å². The predicted molar refractivity (Wildman–Crippen MR) is 57.0 cm³/mol. The first kappa shape index (κ1) is 9.43. The van der Waals surface area contributed by atoms with Gasteiger partial charge >= 0.3 is 0 Å². The molecule has 3 nitrogen and oxygen atoms in total. The van der Waals surface area contributed by atoms with Gasteiger partial charge in [0.1, 0.15) is 0 Å². The predicted octanol–water partition coefficient (Wildman–Crippen LogP) is 2.50. The summed E-state index contributed by atoms with van der Waals surface area (Å²) in [7, 11) is 0. The molecular formula is C5H4BrIN3P. The van der Waals surface area contributed by atoms with E-state index in [1.54, 1.807) is 0 Å². The second-order valence-corrected chi connectivity index (χ2v) is 4.72. The van der Waals surface area contributed by atoms with Crippen LogP contribution in [0, 0.1) is 11.3 Å². The Morgan fingerprint density at radius 3 is 3.09 bits per heavy atom. The standard InChI is InChI=1S/C5H4BrIN3P/c6-4-3-10(11-7)9-5(4)1-2-8/h3,11H,1H2. The summed E-state index contributed by atoms with van der Waals surface area (Å²) in [6, 6.07) is 2.06. The van der Waals surface area contributed by atoms with Crippen molar-refractivity contribution in [1.82, 2.24) is 9.55 Å². The maximum absolute atomic E-state index is 8.41. The highest BCUT2D eigenvalue weighted by molar-refractivity contribution is 14.2. The van der Waals surface area contributed by atoms with E-state index in [0.717, 1.165) is 10.2 Å². The molecule has 6 heteroatoms. The van der Waals surface area contributed by atoms with Crippen LogP contribution in [-0.4, -0.2) is 9.55 Å². The van der Waals surface area contributed by atoms with Crippen molar-refractivity contribution < 1.29 is 0 Å². The van der Waals surface area contributed by atoms with Crippen LogP contribution in [0.1, 0.15) is 5.69 Å². The lowest BCUT2D eigenvalue weighted by atomic mass is 10.3. The fourth-order valence-electron chi connectivity index (χ4n) is 0.627. The smallest absolute Gasteiger partial charge is 0.0910 e. The number of aromatic nitrogens is 2. The Bertz CT molecular complexity index is 292. The van der Waals surface area contributed by atoms with Crippen LogP contribution in [-0.2, 0) is 6.42 Å². The van der Waals surface area contributed by atoms with Gasteiger partial charge < -0.3 is 0 Å². The molecule has 0 spiro atoms. The van der Waals surface area contributed by atoms with E-state index in [9.17, 15) is 0 Å². The summed E-state index contributed by atoms with van der Waals surface area (Å²) in [6.07, 6.45) is 2.84. The Hall–Kier alpha value is 0.340. The lowest BCUT2D eigenvalue weighted by Crippen LogP contribution is -1.85. The minimum Gasteiger partial charge on any atom is -0.244 e. The number of halogens is 2. The van der Waals surface area contributed by atoms with Crippen molar-refractivity contribution in [2.24, 2.45) is 0 Å². The molecule has 0 aromatic carbocycles. The third-order valence-corrected chi connectivity index (χ3v) is 3.62. The molecule has 1 aromatic heterocycles. The molecule has 0 bridgehead atoms. The molecule has 0 saturated heterocycles. The number of hydrogen-bond acceptors (Lipinski definition) is 2. The lowest BCUT2D eigenvalue weighted by Gasteiger charge is -1.88. The van der Waals surface area contributed by atoms with E-state index in [1.807, 2.05) is 10.6 Å². The van der Waals surface area contributed by atoms with E-state index in [0.29, 0.717) is 12.8 Å². The molecule has 0 N–H and O–H groups in total. The molecule has 0 aliphatic heterocycles. The quantitative estimate of drug-likeness (QED) is 0.611. The molecule has 0 aliphatic rings. The van der Waals surface area contributed by atoms with E-state index in [-0.39, 0.29) is 0 Å². The molecule has 1 rings (SSSR count). The first-order valence-electron chi connectivity index (χ1n) is 2.75. The van der Waals surface area contributed by atoms with Gasteiger partial charge in [-0.3, -0.25) is 0 Å². The van der Waals surface area contributed by atoms with Crippen molar-refractivity contribution in [3.63, 3.8) is 0 Å². The Morgan fingerprint density at radius 1 is 1.91 bits per heavy atom. The van der Waals surface area contributed by atoms with Crippen LogP contribution in [0.3, 0.4) is 0 Å². The minimum absolute atomic E-state index is 0.370. The first-order valence-corrected chi connectivity index (χ1v) is 7.61. The van der Waals surface area contributed by atoms with Crippen molar-refractivity contribution in [3.8, 4) is 6.07 Å². The number of nitriles is 1. The van der Waals surface area contributed by atoms with Crippen molar-refractivity contribution in [1.29, 1.82) is 5.26 Å². The van der Waals surface area contributed by atoms with Crippen molar-refractivity contribution >= 4 is 44.3 Å². The van der Waals surface area contributed by atoms with Crippen LogP contribution in [0.5, 0.6) is 0 Å². The van der Waals surface area contributed by atoms with Gasteiger partial charge in [0.25, 0.3) is 0 Å². The fraction of sp³-hybridized carbons (Fsp3) is 0.200. The van der Waals surface area contributed by atoms with Gasteiger partial charge in [0.2, 0.25) is 0 Å². The van der Waals surface area contributed by atoms with Gasteiger partial charge in [-0.05, 0) is 38.0 Å². The summed E-state index contributed by atoms with van der Waals surface area (Å²) < 4.78 is 2.74. The van der Waals surface area contributed by atoms with E-state index in [4.69, 9.17) is 5.26 Å². The van der Waals surface area contributed by atoms with Crippen LogP contribution >= 0.6 is 44.3 Å². The molecule has 0 amide bonds. The monoisotopic (exact) mass is 343 g/mol. The highest BCUT2D eigenvalue weighted by atomic mass is 127. The molecule has 0 aliphatic carbocycles. The van der Waals surface area contributed by atoms with Gasteiger partial charge in [0, 0.05) is 6.20 Å². The van der Waals surface area contributed by atoms with Gasteiger partial charge in [0.05, 0.1) is 29.0 Å². The molecule has 58 valence electrons. The summed E-state index contributed by atoms with van der Waals surface area (Å²) >= 11 is 5.56. The second kappa shape index (κ2) is 4.39. The summed E-state index contributed by atoms with van der Waals surface area (Å²) in [5.74, 6) is 0. The van der Waals surface area contributed by atoms with Gasteiger partial charge in [-0.1, -0.05) is 0 Å². The normalized spacial score (nSPS) is 10.6. The SMILES string of the molecule is N#CCc1nn(PI)cc1Br. The van der Waals surface area contributed by atoms with Gasteiger partial charge in [0.15, 0.2) is 0 Å². The molecular weight excluding hydrogens is 340 g/mol. The maximum atomic E-state index is 8.41. The summed E-state index contributed by atoms with van der Waals surface area (Å²) in [6.45, 7) is 0. The van der Waals surface area contributed by atoms with Gasteiger partial charge in [-0.15, -0.1) is 0 Å². The lowest BCUT2D eigenvalue weighted by molar-refractivity contribution is 0.957. The Labute approximate surface area is 87.6 Å². The van der Waals surface area contributed by atoms with E-state index < -0.39 is 0 Å². The second-order valence-electron chi connectivity index (χ2n) is 1.79. The zero-order chi connectivity index (χ0) is 8.27. The van der Waals surface area contributed by atoms with Gasteiger partial charge in [-0.25, -0.2) is 4.45 Å². The molecule has 1 aromatic rings. The van der Waals surface area contributed by atoms with Crippen LogP contribution in [0.15, 0.2) is 10.7 Å². The molecule has 1 unspecified atom stereocenters. The highest BCUT2D eigenvalue weighted by Gasteiger charge is 2.04. The van der Waals surface area contributed by atoms with Crippen LogP contribution in [0.25, 0.3) is 0 Å². The summed E-state index contributed by atoms with van der Waals surface area (Å²) in [4.78, 5) is 0. The topological polar surface area (TPSA) is 41.6 Å². The number of nitrogens with zero attached hydrogens (tertiary/aromatic N) is 3. The minimum atomic E-state index is 0.370. The Kier molecular flexibility index (Phi) is 3.76. The summed E-state index contributed by atoms with van der Waals surface area (Å²) in [5, 5.41) is 12.6. The third-order valence-electron chi connectivity index (χ3n) is 1.07. The van der Waals surface area contributed by atoms with Crippen LogP contribution < -0.4 is 0 Å². The first-order chi connectivity index (χ1) is 5.27. The van der Waals surface area contributed by atoms with E-state index in [2.05, 4.69) is 49.1 Å². The molecule has 0 fully saturated rings. The van der Waals surface area contributed by atoms with Crippen molar-refractivity contribution in [2.45, 2.75) is 6.42 Å². The number of hydrogen-bond donors (Lipinski definition) is 0. The molecule has 0 radical (unpaired) electrons. The number of rotatable bonds is 2. The van der Waals surface area contributed by atoms with Crippen LogP contribution in [0.4, 0.5) is 0 Å². The fourth-order valence-corrected chi connectivity index (χ4v) is 2.31. The van der Waals surface area contributed by atoms with E-state index >= 15 is 0 Å². The van der Waals surface area contributed by atoms with Crippen molar-refractivity contribution in [3.05, 3.63) is 16.4 Å². The maximum Gasteiger partial charge on any atom is 0.0910 e. The third kappa shape index (κ3) is 2.39. The molecule has 0 saturated carbocycles. The Balaban J connectivity index is 2.90.